The molecular formula is C19H26N4O2. The van der Waals surface area contributed by atoms with Crippen molar-refractivity contribution in [3.8, 4) is 5.75 Å². The summed E-state index contributed by atoms with van der Waals surface area (Å²) in [4.78, 5) is 6.96. The Morgan fingerprint density at radius 1 is 1.32 bits per heavy atom. The summed E-state index contributed by atoms with van der Waals surface area (Å²) in [5, 5.41) is 6.83. The molecule has 0 radical (unpaired) electrons. The molecule has 0 amide bonds. The number of hydrogen-bond donors (Lipinski definition) is 2. The highest BCUT2D eigenvalue weighted by molar-refractivity contribution is 5.80. The minimum absolute atomic E-state index is 0.347. The van der Waals surface area contributed by atoms with Gasteiger partial charge in [0, 0.05) is 25.7 Å². The zero-order chi connectivity index (χ0) is 17.5. The molecule has 6 heteroatoms. The molecule has 2 aromatic rings. The second-order valence-electron chi connectivity index (χ2n) is 6.02. The van der Waals surface area contributed by atoms with Crippen LogP contribution in [0.4, 0.5) is 5.69 Å². The summed E-state index contributed by atoms with van der Waals surface area (Å²) in [6.45, 7) is 5.35. The fraction of sp³-hybridized carbons (Fsp3) is 0.421. The van der Waals surface area contributed by atoms with Crippen LogP contribution >= 0.6 is 0 Å². The Balaban J connectivity index is 1.61. The first-order valence-corrected chi connectivity index (χ1v) is 8.75. The quantitative estimate of drug-likeness (QED) is 0.624. The summed E-state index contributed by atoms with van der Waals surface area (Å²) in [7, 11) is 1.72. The summed E-state index contributed by atoms with van der Waals surface area (Å²) in [5.41, 5.74) is 1.15. The van der Waals surface area contributed by atoms with Crippen LogP contribution in [0, 0.1) is 0 Å². The van der Waals surface area contributed by atoms with E-state index < -0.39 is 0 Å². The Hall–Kier alpha value is -2.63. The molecule has 1 saturated heterocycles. The van der Waals surface area contributed by atoms with Gasteiger partial charge >= 0.3 is 0 Å². The zero-order valence-electron chi connectivity index (χ0n) is 14.9. The van der Waals surface area contributed by atoms with Crippen LogP contribution in [0.25, 0.3) is 0 Å². The maximum absolute atomic E-state index is 5.48. The summed E-state index contributed by atoms with van der Waals surface area (Å²) in [6.07, 6.45) is 2.73. The Labute approximate surface area is 148 Å². The molecular weight excluding hydrogens is 316 g/mol. The monoisotopic (exact) mass is 342 g/mol. The number of nitrogens with one attached hydrogen (secondary N) is 2. The highest BCUT2D eigenvalue weighted by Crippen LogP contribution is 2.30. The van der Waals surface area contributed by atoms with E-state index in [1.54, 1.807) is 13.4 Å². The van der Waals surface area contributed by atoms with Gasteiger partial charge in [0.25, 0.3) is 0 Å². The molecule has 6 nitrogen and oxygen atoms in total. The molecule has 0 spiro atoms. The van der Waals surface area contributed by atoms with Gasteiger partial charge in [0.1, 0.15) is 18.1 Å². The molecule has 0 saturated carbocycles. The summed E-state index contributed by atoms with van der Waals surface area (Å²) < 4.78 is 10.8. The molecule has 1 atom stereocenters. The second-order valence-corrected chi connectivity index (χ2v) is 6.02. The Bertz CT molecular complexity index is 684. The fourth-order valence-electron chi connectivity index (χ4n) is 3.06. The van der Waals surface area contributed by atoms with E-state index in [9.17, 15) is 0 Å². The number of ether oxygens (including phenoxy) is 1. The summed E-state index contributed by atoms with van der Waals surface area (Å²) in [5.74, 6) is 2.60. The van der Waals surface area contributed by atoms with Gasteiger partial charge in [-0.3, -0.25) is 0 Å². The number of benzene rings is 1. The van der Waals surface area contributed by atoms with E-state index in [0.29, 0.717) is 12.6 Å². The fourth-order valence-corrected chi connectivity index (χ4v) is 3.06. The average molecular weight is 342 g/mol. The lowest BCUT2D eigenvalue weighted by Crippen LogP contribution is -2.44. The maximum Gasteiger partial charge on any atom is 0.191 e. The van der Waals surface area contributed by atoms with Gasteiger partial charge < -0.3 is 24.7 Å². The van der Waals surface area contributed by atoms with Crippen LogP contribution in [0.5, 0.6) is 5.75 Å². The molecule has 1 aromatic carbocycles. The van der Waals surface area contributed by atoms with Crippen molar-refractivity contribution in [1.82, 2.24) is 10.6 Å². The number of rotatable bonds is 6. The lowest BCUT2D eigenvalue weighted by atomic mass is 10.2. The first-order chi connectivity index (χ1) is 12.3. The van der Waals surface area contributed by atoms with Crippen molar-refractivity contribution in [2.45, 2.75) is 25.9 Å². The van der Waals surface area contributed by atoms with Crippen LogP contribution in [0.15, 0.2) is 52.1 Å². The highest BCUT2D eigenvalue weighted by Gasteiger charge is 2.25. The molecule has 0 aliphatic carbocycles. The first-order valence-electron chi connectivity index (χ1n) is 8.75. The lowest BCUT2D eigenvalue weighted by Gasteiger charge is -2.22. The number of anilines is 1. The average Bonchev–Trinajstić information content (AvgIpc) is 3.32. The normalized spacial score (nSPS) is 17.6. The molecule has 1 aliphatic rings. The predicted octanol–water partition coefficient (Wildman–Crippen LogP) is 2.62. The van der Waals surface area contributed by atoms with Gasteiger partial charge in [-0.25, -0.2) is 4.99 Å². The third kappa shape index (κ3) is 4.47. The van der Waals surface area contributed by atoms with Gasteiger partial charge in [-0.15, -0.1) is 0 Å². The SMILES string of the molecule is CCNC(=NCc1ccco1)NC1CCN(c2ccccc2OC)C1. The standard InChI is InChI=1S/C19H26N4O2/c1-3-20-19(21-13-16-7-6-12-25-16)22-15-10-11-23(14-15)17-8-4-5-9-18(17)24-2/h4-9,12,15H,3,10-11,13-14H2,1-2H3,(H2,20,21,22). The zero-order valence-corrected chi connectivity index (χ0v) is 14.9. The molecule has 0 bridgehead atoms. The minimum Gasteiger partial charge on any atom is -0.495 e. The van der Waals surface area contributed by atoms with Gasteiger partial charge in [-0.1, -0.05) is 12.1 Å². The number of methoxy groups -OCH3 is 1. The van der Waals surface area contributed by atoms with Crippen LogP contribution in [-0.2, 0) is 6.54 Å². The van der Waals surface area contributed by atoms with E-state index in [-0.39, 0.29) is 0 Å². The minimum atomic E-state index is 0.347. The largest absolute Gasteiger partial charge is 0.495 e. The molecule has 1 unspecified atom stereocenters. The molecule has 2 heterocycles. The molecule has 25 heavy (non-hydrogen) atoms. The maximum atomic E-state index is 5.48. The van der Waals surface area contributed by atoms with E-state index in [2.05, 4.69) is 33.5 Å². The third-order valence-electron chi connectivity index (χ3n) is 4.27. The van der Waals surface area contributed by atoms with Crippen LogP contribution in [0.3, 0.4) is 0 Å². The molecule has 1 aliphatic heterocycles. The summed E-state index contributed by atoms with van der Waals surface area (Å²) in [6, 6.07) is 12.3. The molecule has 1 fully saturated rings. The number of furan rings is 1. The van der Waals surface area contributed by atoms with E-state index in [1.165, 1.54) is 0 Å². The Morgan fingerprint density at radius 2 is 2.20 bits per heavy atom. The van der Waals surface area contributed by atoms with Crippen LogP contribution < -0.4 is 20.3 Å². The van der Waals surface area contributed by atoms with E-state index >= 15 is 0 Å². The smallest absolute Gasteiger partial charge is 0.191 e. The summed E-state index contributed by atoms with van der Waals surface area (Å²) >= 11 is 0. The highest BCUT2D eigenvalue weighted by atomic mass is 16.5. The Kier molecular flexibility index (Phi) is 5.82. The van der Waals surface area contributed by atoms with Gasteiger partial charge in [-0.05, 0) is 37.6 Å². The van der Waals surface area contributed by atoms with Crippen molar-refractivity contribution < 1.29 is 9.15 Å². The number of para-hydroxylation sites is 2. The van der Waals surface area contributed by atoms with Crippen LogP contribution in [-0.4, -0.2) is 38.7 Å². The van der Waals surface area contributed by atoms with Gasteiger partial charge in [0.2, 0.25) is 0 Å². The third-order valence-corrected chi connectivity index (χ3v) is 4.27. The molecule has 3 rings (SSSR count). The van der Waals surface area contributed by atoms with Crippen molar-refractivity contribution in [2.24, 2.45) is 4.99 Å². The number of nitrogens with zero attached hydrogens (tertiary/aromatic N) is 2. The number of guanidine groups is 1. The van der Waals surface area contributed by atoms with E-state index in [4.69, 9.17) is 9.15 Å². The first kappa shape index (κ1) is 17.2. The van der Waals surface area contributed by atoms with Gasteiger partial charge in [0.05, 0.1) is 19.1 Å². The van der Waals surface area contributed by atoms with E-state index in [1.807, 2.05) is 30.3 Å². The van der Waals surface area contributed by atoms with Crippen molar-refractivity contribution in [1.29, 1.82) is 0 Å². The van der Waals surface area contributed by atoms with Crippen molar-refractivity contribution in [3.63, 3.8) is 0 Å². The van der Waals surface area contributed by atoms with Crippen LogP contribution in [0.1, 0.15) is 19.1 Å². The van der Waals surface area contributed by atoms with Gasteiger partial charge in [-0.2, -0.15) is 0 Å². The van der Waals surface area contributed by atoms with Crippen LogP contribution in [0.2, 0.25) is 0 Å². The molecule has 1 aromatic heterocycles. The van der Waals surface area contributed by atoms with E-state index in [0.717, 1.165) is 49.2 Å². The Morgan fingerprint density at radius 3 is 2.96 bits per heavy atom. The number of aliphatic imine (C=N–C) groups is 1. The topological polar surface area (TPSA) is 62.0 Å². The molecule has 134 valence electrons. The predicted molar refractivity (Wildman–Crippen MR) is 100 cm³/mol. The van der Waals surface area contributed by atoms with Crippen molar-refractivity contribution >= 4 is 11.6 Å². The second kappa shape index (κ2) is 8.46. The van der Waals surface area contributed by atoms with Crippen molar-refractivity contribution in [2.75, 3.05) is 31.6 Å². The lowest BCUT2D eigenvalue weighted by molar-refractivity contribution is 0.415. The van der Waals surface area contributed by atoms with Gasteiger partial charge in [0.15, 0.2) is 5.96 Å². The van der Waals surface area contributed by atoms with Crippen molar-refractivity contribution in [3.05, 3.63) is 48.4 Å². The molecule has 2 N–H and O–H groups in total. The number of hydrogen-bond acceptors (Lipinski definition) is 4.